The normalized spacial score (nSPS) is 12.4. The first kappa shape index (κ1) is 21.1. The lowest BCUT2D eigenvalue weighted by Gasteiger charge is -2.24. The molecule has 0 amide bonds. The molecule has 0 unspecified atom stereocenters. The van der Waals surface area contributed by atoms with Crippen LogP contribution >= 0.6 is 23.5 Å². The first-order valence-corrected chi connectivity index (χ1v) is 13.0. The van der Waals surface area contributed by atoms with Gasteiger partial charge in [-0.2, -0.15) is 0 Å². The number of fused-ring (bicyclic) bond motifs is 2. The fraction of sp³-hybridized carbons (Fsp3) is 0. The van der Waals surface area contributed by atoms with Crippen LogP contribution in [0.15, 0.2) is 141 Å². The van der Waals surface area contributed by atoms with Crippen LogP contribution in [-0.4, -0.2) is 0 Å². The predicted octanol–water partition coefficient (Wildman–Crippen LogP) is 9.81. The third-order valence-electron chi connectivity index (χ3n) is 5.97. The third-order valence-corrected chi connectivity index (χ3v) is 8.57. The van der Waals surface area contributed by atoms with Crippen molar-refractivity contribution in [1.82, 2.24) is 0 Å². The monoisotopic (exact) mass is 470 g/mol. The van der Waals surface area contributed by atoms with Crippen molar-refractivity contribution in [2.75, 3.05) is 0 Å². The fourth-order valence-corrected chi connectivity index (χ4v) is 6.76. The van der Waals surface area contributed by atoms with Crippen LogP contribution < -0.4 is 0 Å². The van der Waals surface area contributed by atoms with E-state index in [2.05, 4.69) is 133 Å². The van der Waals surface area contributed by atoms with E-state index >= 15 is 0 Å². The molecule has 0 spiro atoms. The lowest BCUT2D eigenvalue weighted by Crippen LogP contribution is -1.96. The van der Waals surface area contributed by atoms with Crippen molar-refractivity contribution >= 4 is 35.7 Å². The van der Waals surface area contributed by atoms with E-state index in [0.717, 1.165) is 0 Å². The first-order valence-electron chi connectivity index (χ1n) is 11.4. The van der Waals surface area contributed by atoms with Crippen LogP contribution in [-0.2, 0) is 0 Å². The molecule has 1 aliphatic rings. The summed E-state index contributed by atoms with van der Waals surface area (Å²) in [6.45, 7) is 0. The molecule has 0 saturated heterocycles. The van der Waals surface area contributed by atoms with Crippen molar-refractivity contribution in [2.45, 2.75) is 19.6 Å². The third kappa shape index (κ3) is 4.11. The van der Waals surface area contributed by atoms with E-state index in [1.807, 2.05) is 23.5 Å². The van der Waals surface area contributed by atoms with Gasteiger partial charge in [0.1, 0.15) is 0 Å². The minimum absolute atomic E-state index is 1.20. The summed E-state index contributed by atoms with van der Waals surface area (Å²) in [6, 6.07) is 43.3. The molecule has 0 N–H and O–H groups in total. The first-order chi connectivity index (χ1) is 16.9. The van der Waals surface area contributed by atoms with E-state index < -0.39 is 0 Å². The lowest BCUT2D eigenvalue weighted by molar-refractivity contribution is 1.16. The largest absolute Gasteiger partial charge is 0.0877 e. The van der Waals surface area contributed by atoms with Crippen molar-refractivity contribution in [3.8, 4) is 22.3 Å². The Balaban J connectivity index is 1.57. The Bertz CT molecular complexity index is 1480. The summed E-state index contributed by atoms with van der Waals surface area (Å²) in [5.74, 6) is 0. The molecule has 162 valence electrons. The Morgan fingerprint density at radius 1 is 0.441 bits per heavy atom. The van der Waals surface area contributed by atoms with Gasteiger partial charge in [-0.3, -0.25) is 0 Å². The second-order valence-electron chi connectivity index (χ2n) is 8.16. The van der Waals surface area contributed by atoms with Crippen LogP contribution in [0.4, 0.5) is 0 Å². The number of benzene rings is 5. The maximum atomic E-state index is 2.28. The highest BCUT2D eigenvalue weighted by atomic mass is 32.2. The maximum absolute atomic E-state index is 2.28. The Labute approximate surface area is 209 Å². The zero-order chi connectivity index (χ0) is 22.7. The van der Waals surface area contributed by atoms with E-state index in [-0.39, 0.29) is 0 Å². The number of hydrogen-bond donors (Lipinski definition) is 0. The topological polar surface area (TPSA) is 0 Å². The highest BCUT2D eigenvalue weighted by molar-refractivity contribution is 8.05. The zero-order valence-corrected chi connectivity index (χ0v) is 20.2. The highest BCUT2D eigenvalue weighted by Crippen LogP contribution is 2.53. The highest BCUT2D eigenvalue weighted by Gasteiger charge is 2.23. The Hall–Kier alpha value is -3.46. The average molecular weight is 471 g/mol. The van der Waals surface area contributed by atoms with Gasteiger partial charge in [-0.15, -0.1) is 0 Å². The molecule has 34 heavy (non-hydrogen) atoms. The summed E-state index contributed by atoms with van der Waals surface area (Å²) >= 11 is 3.76. The van der Waals surface area contributed by atoms with Crippen molar-refractivity contribution in [3.63, 3.8) is 0 Å². The second-order valence-corrected chi connectivity index (χ2v) is 10.3. The second kappa shape index (κ2) is 9.42. The lowest BCUT2D eigenvalue weighted by atomic mass is 9.91. The summed E-state index contributed by atoms with van der Waals surface area (Å²) in [7, 11) is 0. The molecule has 0 bridgehead atoms. The predicted molar refractivity (Wildman–Crippen MR) is 147 cm³/mol. The van der Waals surface area contributed by atoms with Gasteiger partial charge < -0.3 is 0 Å². The number of rotatable bonds is 4. The van der Waals surface area contributed by atoms with E-state index in [4.69, 9.17) is 0 Å². The van der Waals surface area contributed by atoms with Crippen molar-refractivity contribution < 1.29 is 0 Å². The molecule has 0 aromatic heterocycles. The van der Waals surface area contributed by atoms with Gasteiger partial charge in [0.05, 0.1) is 0 Å². The summed E-state index contributed by atoms with van der Waals surface area (Å²) in [5, 5.41) is 0. The molecule has 0 aliphatic carbocycles. The molecular weight excluding hydrogens is 448 g/mol. The average Bonchev–Trinajstić information content (AvgIpc) is 2.91. The number of hydrogen-bond acceptors (Lipinski definition) is 2. The van der Waals surface area contributed by atoms with Gasteiger partial charge in [0, 0.05) is 25.1 Å². The van der Waals surface area contributed by atoms with Gasteiger partial charge >= 0.3 is 0 Å². The van der Waals surface area contributed by atoms with Gasteiger partial charge in [-0.25, -0.2) is 0 Å². The van der Waals surface area contributed by atoms with Crippen LogP contribution in [0.1, 0.15) is 11.1 Å². The van der Waals surface area contributed by atoms with Crippen LogP contribution in [0.5, 0.6) is 0 Å². The van der Waals surface area contributed by atoms with Crippen LogP contribution in [0.2, 0.25) is 0 Å². The molecule has 0 nitrogen and oxygen atoms in total. The molecular formula is C32H22S2. The van der Waals surface area contributed by atoms with Crippen molar-refractivity contribution in [1.29, 1.82) is 0 Å². The van der Waals surface area contributed by atoms with Crippen molar-refractivity contribution in [2.24, 2.45) is 0 Å². The molecule has 2 heteroatoms. The van der Waals surface area contributed by atoms with Crippen molar-refractivity contribution in [3.05, 3.63) is 132 Å². The maximum Gasteiger partial charge on any atom is 0.0347 e. The van der Waals surface area contributed by atoms with Crippen LogP contribution in [0, 0.1) is 0 Å². The molecule has 0 saturated carbocycles. The summed E-state index contributed by atoms with van der Waals surface area (Å²) < 4.78 is 0. The van der Waals surface area contributed by atoms with E-state index in [0.29, 0.717) is 0 Å². The van der Waals surface area contributed by atoms with Gasteiger partial charge in [-0.05, 0) is 46.0 Å². The Morgan fingerprint density at radius 3 is 1.82 bits per heavy atom. The Kier molecular flexibility index (Phi) is 5.85. The Morgan fingerprint density at radius 2 is 1.06 bits per heavy atom. The molecule has 0 fully saturated rings. The minimum atomic E-state index is 1.20. The molecule has 0 radical (unpaired) electrons. The van der Waals surface area contributed by atoms with Gasteiger partial charge in [0.2, 0.25) is 0 Å². The SMILES string of the molecule is C(=Cc1ccc2c(c1-c1ccccc1-c1ccccc1)Sc1ccccc1S2)c1ccccc1. The molecule has 5 aromatic carbocycles. The quantitative estimate of drug-likeness (QED) is 0.235. The van der Waals surface area contributed by atoms with E-state index in [9.17, 15) is 0 Å². The minimum Gasteiger partial charge on any atom is -0.0877 e. The van der Waals surface area contributed by atoms with Crippen LogP contribution in [0.25, 0.3) is 34.4 Å². The summed E-state index contributed by atoms with van der Waals surface area (Å²) in [5.41, 5.74) is 7.51. The van der Waals surface area contributed by atoms with E-state index in [1.165, 1.54) is 53.0 Å². The van der Waals surface area contributed by atoms with Gasteiger partial charge in [0.25, 0.3) is 0 Å². The molecule has 1 aliphatic heterocycles. The van der Waals surface area contributed by atoms with Gasteiger partial charge in [0.15, 0.2) is 0 Å². The van der Waals surface area contributed by atoms with E-state index in [1.54, 1.807) is 0 Å². The van der Waals surface area contributed by atoms with Gasteiger partial charge in [-0.1, -0.05) is 139 Å². The summed E-state index contributed by atoms with van der Waals surface area (Å²) in [6.07, 6.45) is 4.48. The molecule has 5 aromatic rings. The molecule has 6 rings (SSSR count). The fourth-order valence-electron chi connectivity index (χ4n) is 4.35. The smallest absolute Gasteiger partial charge is 0.0347 e. The zero-order valence-electron chi connectivity index (χ0n) is 18.5. The standard InChI is InChI=1S/C32H22S2/c1-3-11-23(12-4-1)19-20-25-21-22-30-32(34-29-18-10-9-17-28(29)33-30)31(25)27-16-8-7-15-26(27)24-13-5-2-6-14-24/h1-22H. The van der Waals surface area contributed by atoms with Crippen LogP contribution in [0.3, 0.4) is 0 Å². The summed E-state index contributed by atoms with van der Waals surface area (Å²) in [4.78, 5) is 5.30. The molecule has 0 atom stereocenters. The molecule has 1 heterocycles.